The van der Waals surface area contributed by atoms with Gasteiger partial charge in [0.15, 0.2) is 16.5 Å². The summed E-state index contributed by atoms with van der Waals surface area (Å²) in [5, 5.41) is 30.0. The number of rotatable bonds is 26. The molecule has 0 spiro atoms. The second kappa shape index (κ2) is 25.6. The third-order valence-corrected chi connectivity index (χ3v) is 12.3. The summed E-state index contributed by atoms with van der Waals surface area (Å²) in [6, 6.07) is 12.2. The number of ether oxygens (including phenoxy) is 5. The van der Waals surface area contributed by atoms with Crippen LogP contribution in [0.3, 0.4) is 0 Å². The number of anilines is 1. The van der Waals surface area contributed by atoms with E-state index in [-0.39, 0.29) is 89.3 Å². The smallest absolute Gasteiger partial charge is 0.354 e. The Kier molecular flexibility index (Phi) is 20.1. The zero-order valence-corrected chi connectivity index (χ0v) is 39.3. The van der Waals surface area contributed by atoms with Crippen LogP contribution in [0.4, 0.5) is 5.69 Å². The van der Waals surface area contributed by atoms with E-state index in [1.807, 2.05) is 13.8 Å². The number of nitrogens with one attached hydrogen (secondary N) is 3. The van der Waals surface area contributed by atoms with Crippen molar-refractivity contribution in [1.29, 1.82) is 0 Å². The van der Waals surface area contributed by atoms with Crippen LogP contribution in [0.15, 0.2) is 80.2 Å². The standard InChI is InChI=1S/C45H59N6O14PS/c1-4-31(5-2)64-40-26-32(25-37(51-44(46)47)42(40)49-27(3)52)66(57,58)63-21-20-62-19-18-61-17-16-60-15-14-59-13-12-48-45(67)50-28-6-9-33(36(22-28)43(55)56)41-34-10-7-29(53)23-38(34)65-39-24-30(54)8-11-35(39)41/h6-11,22-24,26,31,37,40,42,53H,4-5,12-21,25H2,1-3H3,(H,49,52)(H,55,56)(H,57,58)(H4,46,47,51)(H2,48,50,67)/t37-,40+,42+/m0/s1. The normalized spacial score (nSPS) is 16.9. The number of aromatic carboxylic acids is 1. The molecule has 1 unspecified atom stereocenters. The molecule has 2 aromatic carbocycles. The molecule has 5 rings (SSSR count). The predicted octanol–water partition coefficient (Wildman–Crippen LogP) is 4.53. The third-order valence-electron chi connectivity index (χ3n) is 10.4. The fourth-order valence-corrected chi connectivity index (χ4v) is 8.79. The van der Waals surface area contributed by atoms with E-state index in [2.05, 4.69) is 20.9 Å². The van der Waals surface area contributed by atoms with Gasteiger partial charge in [-0.1, -0.05) is 19.9 Å². The number of nitrogens with zero attached hydrogens (tertiary/aromatic N) is 1. The third kappa shape index (κ3) is 15.5. The van der Waals surface area contributed by atoms with E-state index in [1.165, 1.54) is 43.3 Å². The number of phenolic OH excluding ortho intramolecular Hbond substituents is 1. The van der Waals surface area contributed by atoms with E-state index < -0.39 is 31.8 Å². The maximum Gasteiger partial charge on any atom is 0.354 e. The minimum atomic E-state index is -4.30. The largest absolute Gasteiger partial charge is 0.508 e. The highest BCUT2D eigenvalue weighted by Gasteiger charge is 2.41. The lowest BCUT2D eigenvalue weighted by Gasteiger charge is -2.37. The summed E-state index contributed by atoms with van der Waals surface area (Å²) in [6.45, 7) is 7.58. The molecule has 22 heteroatoms. The fraction of sp³-hybridized carbons (Fsp3) is 0.444. The Hall–Kier alpha value is -5.48. The van der Waals surface area contributed by atoms with Gasteiger partial charge in [-0.15, -0.1) is 0 Å². The Morgan fingerprint density at radius 1 is 0.910 bits per heavy atom. The molecule has 0 saturated carbocycles. The molecule has 10 N–H and O–H groups in total. The SMILES string of the molecule is CCC(CC)O[C@@H]1C=C(P(=O)(O)OCCOCCOCCOCCOCCNC(=S)Nc2ccc(-c3c4ccc(=O)cc-4oc4cc(O)ccc34)c(C(=O)O)c2)C[C@H](N=C(N)N)[C@H]1NC(C)=O. The first-order valence-corrected chi connectivity index (χ1v) is 23.7. The van der Waals surface area contributed by atoms with Gasteiger partial charge < -0.3 is 75.1 Å². The molecule has 2 aromatic rings. The first-order chi connectivity index (χ1) is 32.1. The summed E-state index contributed by atoms with van der Waals surface area (Å²) < 4.78 is 53.0. The van der Waals surface area contributed by atoms with Crippen LogP contribution >= 0.6 is 19.8 Å². The van der Waals surface area contributed by atoms with Gasteiger partial charge in [0.05, 0.1) is 89.3 Å². The van der Waals surface area contributed by atoms with Crippen molar-refractivity contribution in [3.63, 3.8) is 0 Å². The molecule has 4 atom stereocenters. The summed E-state index contributed by atoms with van der Waals surface area (Å²) in [5.74, 6) is -1.53. The van der Waals surface area contributed by atoms with Crippen LogP contribution in [-0.2, 0) is 37.6 Å². The summed E-state index contributed by atoms with van der Waals surface area (Å²) in [7, 11) is -4.30. The van der Waals surface area contributed by atoms with E-state index in [0.29, 0.717) is 80.2 Å². The van der Waals surface area contributed by atoms with Crippen molar-refractivity contribution in [2.75, 3.05) is 71.3 Å². The molecular weight excluding hydrogens is 912 g/mol. The Balaban J connectivity index is 0.949. The number of hydrogen-bond donors (Lipinski definition) is 8. The highest BCUT2D eigenvalue weighted by molar-refractivity contribution is 7.80. The summed E-state index contributed by atoms with van der Waals surface area (Å²) in [6.07, 6.45) is 1.94. The molecule has 1 aliphatic heterocycles. The van der Waals surface area contributed by atoms with Crippen molar-refractivity contribution in [3.8, 4) is 28.2 Å². The second-order valence-corrected chi connectivity index (χ2v) is 17.6. The average molecular weight is 971 g/mol. The van der Waals surface area contributed by atoms with Crippen LogP contribution < -0.4 is 32.8 Å². The van der Waals surface area contributed by atoms with Crippen LogP contribution in [0.25, 0.3) is 33.4 Å². The lowest BCUT2D eigenvalue weighted by Crippen LogP contribution is -2.53. The molecule has 3 aliphatic rings. The number of amides is 1. The van der Waals surface area contributed by atoms with Crippen molar-refractivity contribution < 1.29 is 61.9 Å². The number of aromatic hydroxyl groups is 1. The molecule has 20 nitrogen and oxygen atoms in total. The van der Waals surface area contributed by atoms with E-state index in [9.17, 15) is 34.1 Å². The average Bonchev–Trinajstić information content (AvgIpc) is 3.27. The van der Waals surface area contributed by atoms with Crippen molar-refractivity contribution in [1.82, 2.24) is 10.6 Å². The van der Waals surface area contributed by atoms with Gasteiger partial charge >= 0.3 is 13.6 Å². The second-order valence-electron chi connectivity index (χ2n) is 15.3. The number of thiocarbonyl (C=S) groups is 1. The van der Waals surface area contributed by atoms with Gasteiger partial charge in [-0.3, -0.25) is 14.2 Å². The molecule has 0 radical (unpaired) electrons. The first kappa shape index (κ1) is 52.5. The van der Waals surface area contributed by atoms with Gasteiger partial charge in [-0.05, 0) is 73.1 Å². The number of carbonyl (C=O) groups is 2. The fourth-order valence-electron chi connectivity index (χ4n) is 7.33. The van der Waals surface area contributed by atoms with Crippen molar-refractivity contribution in [2.24, 2.45) is 16.5 Å². The van der Waals surface area contributed by atoms with E-state index in [0.717, 1.165) is 0 Å². The van der Waals surface area contributed by atoms with Gasteiger partial charge in [-0.2, -0.15) is 0 Å². The van der Waals surface area contributed by atoms with Crippen molar-refractivity contribution in [3.05, 3.63) is 81.8 Å². The monoisotopic (exact) mass is 970 g/mol. The number of hydrogen-bond acceptors (Lipinski definition) is 14. The maximum atomic E-state index is 13.3. The Bertz CT molecular complexity index is 2460. The number of nitrogens with two attached hydrogens (primary N) is 2. The topological polar surface area (TPSA) is 298 Å². The van der Waals surface area contributed by atoms with Crippen LogP contribution in [0.1, 0.15) is 50.4 Å². The summed E-state index contributed by atoms with van der Waals surface area (Å²) >= 11 is 5.42. The van der Waals surface area contributed by atoms with Gasteiger partial charge in [0, 0.05) is 59.5 Å². The van der Waals surface area contributed by atoms with Crippen molar-refractivity contribution >= 4 is 59.4 Å². The predicted molar refractivity (Wildman–Crippen MR) is 256 cm³/mol. The Morgan fingerprint density at radius 2 is 1.55 bits per heavy atom. The lowest BCUT2D eigenvalue weighted by molar-refractivity contribution is -0.121. The van der Waals surface area contributed by atoms with E-state index >= 15 is 0 Å². The highest BCUT2D eigenvalue weighted by Crippen LogP contribution is 2.54. The molecule has 67 heavy (non-hydrogen) atoms. The zero-order valence-electron chi connectivity index (χ0n) is 37.6. The number of guanidine groups is 1. The molecule has 0 bridgehead atoms. The Labute approximate surface area is 392 Å². The number of carboxylic acid groups (broad SMARTS) is 1. The van der Waals surface area contributed by atoms with E-state index in [4.69, 9.17) is 56.3 Å². The molecule has 1 amide bonds. The van der Waals surface area contributed by atoms with Gasteiger partial charge in [0.2, 0.25) is 5.91 Å². The number of aliphatic imine (C=N–C) groups is 1. The summed E-state index contributed by atoms with van der Waals surface area (Å²) in [5.41, 5.74) is 13.2. The maximum absolute atomic E-state index is 13.3. The van der Waals surface area contributed by atoms with Crippen LogP contribution in [0.5, 0.6) is 5.75 Å². The zero-order chi connectivity index (χ0) is 48.5. The van der Waals surface area contributed by atoms with E-state index in [1.54, 1.807) is 24.3 Å². The summed E-state index contributed by atoms with van der Waals surface area (Å²) in [4.78, 5) is 51.8. The van der Waals surface area contributed by atoms with Crippen LogP contribution in [0.2, 0.25) is 0 Å². The molecule has 1 heterocycles. The molecule has 0 aromatic heterocycles. The van der Waals surface area contributed by atoms with Gasteiger partial charge in [-0.25, -0.2) is 9.79 Å². The molecular formula is C45H59N6O14PS. The van der Waals surface area contributed by atoms with Gasteiger partial charge in [0.1, 0.15) is 17.1 Å². The number of benzene rings is 3. The minimum absolute atomic E-state index is 0.0191. The van der Waals surface area contributed by atoms with Crippen molar-refractivity contribution in [2.45, 2.75) is 64.3 Å². The molecule has 0 saturated heterocycles. The quantitative estimate of drug-likeness (QED) is 0.0107. The number of fused-ring (bicyclic) bond motifs is 2. The number of carboxylic acids is 1. The highest BCUT2D eigenvalue weighted by atomic mass is 32.1. The van der Waals surface area contributed by atoms with Crippen LogP contribution in [0, 0.1) is 0 Å². The minimum Gasteiger partial charge on any atom is -0.508 e. The molecule has 0 fully saturated rings. The van der Waals surface area contributed by atoms with Crippen LogP contribution in [-0.4, -0.2) is 128 Å². The van der Waals surface area contributed by atoms with Gasteiger partial charge in [0.25, 0.3) is 0 Å². The molecule has 364 valence electrons. The first-order valence-electron chi connectivity index (χ1n) is 21.7. The molecule has 2 aliphatic carbocycles. The Morgan fingerprint density at radius 3 is 2.18 bits per heavy atom. The number of carbonyl (C=O) groups excluding carboxylic acids is 1. The lowest BCUT2D eigenvalue weighted by atomic mass is 9.90. The number of phenols is 1.